The van der Waals surface area contributed by atoms with Crippen LogP contribution < -0.4 is 0 Å². The second-order valence-corrected chi connectivity index (χ2v) is 73.8. The zero-order valence-corrected chi connectivity index (χ0v) is 23.6. The van der Waals surface area contributed by atoms with Gasteiger partial charge in [0.25, 0.3) is 0 Å². The molecule has 0 spiro atoms. The summed E-state index contributed by atoms with van der Waals surface area (Å²) in [5, 5.41) is 0. The summed E-state index contributed by atoms with van der Waals surface area (Å²) in [6, 6.07) is 0. The molecule has 2 unspecified atom stereocenters. The Kier molecular flexibility index (Phi) is 5.51. The van der Waals surface area contributed by atoms with E-state index in [1.807, 2.05) is 11.1 Å². The van der Waals surface area contributed by atoms with E-state index in [0.717, 1.165) is 7.25 Å². The van der Waals surface area contributed by atoms with Crippen LogP contribution in [0.1, 0.15) is 65.2 Å². The summed E-state index contributed by atoms with van der Waals surface area (Å²) in [7, 11) is 0. The van der Waals surface area contributed by atoms with Gasteiger partial charge in [0.15, 0.2) is 0 Å². The average Bonchev–Trinajstić information content (AvgIpc) is 3.10. The minimum atomic E-state index is -3.45. The van der Waals surface area contributed by atoms with Crippen LogP contribution in [-0.4, -0.2) is 5.92 Å². The van der Waals surface area contributed by atoms with Gasteiger partial charge in [0.05, 0.1) is 0 Å². The van der Waals surface area contributed by atoms with Crippen molar-refractivity contribution in [3.05, 3.63) is 45.6 Å². The molecule has 2 atom stereocenters. The third-order valence-corrected chi connectivity index (χ3v) is 82.9. The van der Waals surface area contributed by atoms with Crippen LogP contribution in [0.2, 0.25) is 20.3 Å². The number of hydrogen-bond acceptors (Lipinski definition) is 0. The Labute approximate surface area is 173 Å². The molecule has 0 fully saturated rings. The molecule has 0 heterocycles. The van der Waals surface area contributed by atoms with Crippen LogP contribution in [-0.2, 0) is 13.2 Å². The van der Waals surface area contributed by atoms with Gasteiger partial charge in [0, 0.05) is 0 Å². The van der Waals surface area contributed by atoms with E-state index in [2.05, 4.69) is 39.1 Å². The first-order valence-corrected chi connectivity index (χ1v) is 31.8. The number of hydrogen-bond donors (Lipinski definition) is 0. The number of halogens is 2. The standard InChI is InChI=1S/2C10H13.C2H7Si.2BrH.Zr/c2*1-8-6-9-4-2-3-5-10(9)7-8;1-3-2;;;/h2*6-7H,2-5H2,1H3;3H,1-2H3;2*1H;/q;;;;;+2/p-2. The fourth-order valence-corrected chi connectivity index (χ4v) is 48.7. The van der Waals surface area contributed by atoms with Gasteiger partial charge in [-0.2, -0.15) is 0 Å². The maximum absolute atomic E-state index is 4.75. The molecule has 4 aliphatic rings. The molecule has 0 bridgehead atoms. The molecule has 0 aromatic carbocycles. The summed E-state index contributed by atoms with van der Waals surface area (Å²) in [5.41, 5.74) is 10.5. The predicted octanol–water partition coefficient (Wildman–Crippen LogP) is 8.52. The van der Waals surface area contributed by atoms with Crippen LogP contribution in [0, 0.1) is 0 Å². The van der Waals surface area contributed by atoms with Gasteiger partial charge in [-0.15, -0.1) is 0 Å². The molecule has 4 heteroatoms. The van der Waals surface area contributed by atoms with Crippen molar-refractivity contribution in [2.24, 2.45) is 0 Å². The molecule has 4 rings (SSSR count). The Balaban J connectivity index is 1.89. The normalized spacial score (nSPS) is 30.8. The molecule has 26 heavy (non-hydrogen) atoms. The van der Waals surface area contributed by atoms with E-state index in [9.17, 15) is 0 Å². The van der Waals surface area contributed by atoms with E-state index in [4.69, 9.17) is 24.4 Å². The summed E-state index contributed by atoms with van der Waals surface area (Å²) in [6.45, 7) is 10.2. The molecule has 0 N–H and O–H groups in total. The molecule has 0 radical (unpaired) electrons. The van der Waals surface area contributed by atoms with E-state index in [-0.39, 0.29) is 0 Å². The first kappa shape index (κ1) is 20.3. The van der Waals surface area contributed by atoms with Crippen molar-refractivity contribution in [3.63, 3.8) is 0 Å². The van der Waals surface area contributed by atoms with E-state index < -0.39 is 19.2 Å². The molecule has 0 aromatic heterocycles. The van der Waals surface area contributed by atoms with Crippen molar-refractivity contribution in [1.29, 1.82) is 0 Å². The Bertz CT molecular complexity index is 711. The number of rotatable bonds is 3. The monoisotopic (exact) mass is 573 g/mol. The fourth-order valence-electron chi connectivity index (χ4n) is 6.53. The van der Waals surface area contributed by atoms with Crippen LogP contribution in [0.4, 0.5) is 0 Å². The average molecular weight is 577 g/mol. The Morgan fingerprint density at radius 2 is 1.15 bits per heavy atom. The van der Waals surface area contributed by atoms with Gasteiger partial charge in [-0.05, 0) is 0 Å². The third-order valence-electron chi connectivity index (χ3n) is 7.73. The molecular weight excluding hydrogens is 543 g/mol. The first-order chi connectivity index (χ1) is 12.2. The zero-order valence-electron chi connectivity index (χ0n) is 16.8. The maximum atomic E-state index is 4.75. The first-order valence-electron chi connectivity index (χ1n) is 10.6. The van der Waals surface area contributed by atoms with Crippen molar-refractivity contribution in [3.8, 4) is 0 Å². The Hall–Kier alpha value is 1.02. The summed E-state index contributed by atoms with van der Waals surface area (Å²) in [6.07, 6.45) is 16.1. The minimum absolute atomic E-state index is 0.723. The predicted molar refractivity (Wildman–Crippen MR) is 123 cm³/mol. The Morgan fingerprint density at radius 3 is 1.54 bits per heavy atom. The van der Waals surface area contributed by atoms with E-state index in [1.54, 1.807) is 22.3 Å². The molecule has 0 aromatic rings. The molecule has 143 valence electrons. The Morgan fingerprint density at radius 1 is 0.769 bits per heavy atom. The van der Waals surface area contributed by atoms with Crippen LogP contribution in [0.15, 0.2) is 45.6 Å². The zero-order chi connectivity index (χ0) is 18.7. The van der Waals surface area contributed by atoms with Crippen LogP contribution in [0.5, 0.6) is 0 Å². The van der Waals surface area contributed by atoms with Crippen LogP contribution >= 0.6 is 24.4 Å². The quantitative estimate of drug-likeness (QED) is 0.296. The molecular formula is C22H33Br2SiZr. The van der Waals surface area contributed by atoms with E-state index >= 15 is 0 Å². The van der Waals surface area contributed by atoms with Gasteiger partial charge < -0.3 is 0 Å². The molecule has 4 aliphatic carbocycles. The number of allylic oxidation sites excluding steroid dienone is 8. The van der Waals surface area contributed by atoms with Gasteiger partial charge in [0.1, 0.15) is 0 Å². The second-order valence-electron chi connectivity index (χ2n) is 9.54. The van der Waals surface area contributed by atoms with Gasteiger partial charge >= 0.3 is 175 Å². The van der Waals surface area contributed by atoms with Gasteiger partial charge in [-0.1, -0.05) is 0 Å². The van der Waals surface area contributed by atoms with Crippen molar-refractivity contribution < 1.29 is 13.2 Å². The summed E-state index contributed by atoms with van der Waals surface area (Å²) < 4.78 is 1.45. The van der Waals surface area contributed by atoms with Crippen molar-refractivity contribution in [2.45, 2.75) is 85.6 Å². The second kappa shape index (κ2) is 7.06. The van der Waals surface area contributed by atoms with E-state index in [0.29, 0.717) is 0 Å². The SMILES string of the molecule is CC1=CC2=C(CCCC2)[CH]1[Zr]([Br])([Br])([CH]1C(C)=CC2=C1CCCC2)[SiH](C)C. The van der Waals surface area contributed by atoms with Crippen molar-refractivity contribution in [1.82, 2.24) is 0 Å². The van der Waals surface area contributed by atoms with Gasteiger partial charge in [-0.3, -0.25) is 0 Å². The topological polar surface area (TPSA) is 0 Å². The van der Waals surface area contributed by atoms with Crippen molar-refractivity contribution in [2.75, 3.05) is 0 Å². The van der Waals surface area contributed by atoms with Crippen LogP contribution in [0.3, 0.4) is 0 Å². The third kappa shape index (κ3) is 2.86. The van der Waals surface area contributed by atoms with Gasteiger partial charge in [0.2, 0.25) is 0 Å². The summed E-state index contributed by atoms with van der Waals surface area (Å²) >= 11 is 6.05. The summed E-state index contributed by atoms with van der Waals surface area (Å²) in [4.78, 5) is 0. The van der Waals surface area contributed by atoms with Crippen molar-refractivity contribution >= 4 is 30.4 Å². The molecule has 0 saturated heterocycles. The molecule has 0 amide bonds. The molecule has 0 saturated carbocycles. The van der Waals surface area contributed by atoms with E-state index in [1.165, 1.54) is 51.4 Å². The van der Waals surface area contributed by atoms with Crippen LogP contribution in [0.25, 0.3) is 0 Å². The summed E-state index contributed by atoms with van der Waals surface area (Å²) in [5.74, 6) is -0.939. The van der Waals surface area contributed by atoms with Gasteiger partial charge in [-0.25, -0.2) is 0 Å². The molecule has 0 nitrogen and oxygen atoms in total. The molecule has 0 aliphatic heterocycles. The fraction of sp³-hybridized carbons (Fsp3) is 0.636.